The molecule has 0 unspecified atom stereocenters. The predicted molar refractivity (Wildman–Crippen MR) is 142 cm³/mol. The molecule has 7 heteroatoms. The first-order valence-electron chi connectivity index (χ1n) is 11.7. The van der Waals surface area contributed by atoms with E-state index in [1.54, 1.807) is 6.20 Å². The van der Waals surface area contributed by atoms with Crippen LogP contribution in [0.25, 0.3) is 10.1 Å². The normalized spacial score (nSPS) is 15.2. The lowest BCUT2D eigenvalue weighted by Gasteiger charge is -2.33. The van der Waals surface area contributed by atoms with Crippen molar-refractivity contribution in [2.24, 2.45) is 5.16 Å². The summed E-state index contributed by atoms with van der Waals surface area (Å²) in [5, 5.41) is 9.33. The quantitative estimate of drug-likeness (QED) is 0.214. The van der Waals surface area contributed by atoms with Crippen LogP contribution in [0.15, 0.2) is 41.8 Å². The lowest BCUT2D eigenvalue weighted by atomic mass is 10.1. The summed E-state index contributed by atoms with van der Waals surface area (Å²) < 4.78 is 7.16. The number of aromatic nitrogens is 1. The summed E-state index contributed by atoms with van der Waals surface area (Å²) in [5.74, 6) is 0.180. The molecule has 0 amide bonds. The highest BCUT2D eigenvalue weighted by Gasteiger charge is 2.40. The number of pyridine rings is 1. The first kappa shape index (κ1) is 23.6. The van der Waals surface area contributed by atoms with Crippen molar-refractivity contribution in [2.75, 3.05) is 5.32 Å². The number of aryl methyl sites for hydroxylation is 1. The highest BCUT2D eigenvalue weighted by atomic mass is 32.1. The van der Waals surface area contributed by atoms with E-state index < -0.39 is 8.32 Å². The molecule has 33 heavy (non-hydrogen) atoms. The van der Waals surface area contributed by atoms with E-state index in [1.165, 1.54) is 22.5 Å². The van der Waals surface area contributed by atoms with Crippen LogP contribution in [0.4, 0.5) is 11.4 Å². The molecule has 1 aromatic carbocycles. The molecule has 0 radical (unpaired) electrons. The summed E-state index contributed by atoms with van der Waals surface area (Å²) in [5.41, 5.74) is 5.35. The Kier molecular flexibility index (Phi) is 6.47. The molecule has 0 saturated heterocycles. The maximum atomic E-state index is 12.8. The third-order valence-corrected chi connectivity index (χ3v) is 12.1. The number of Topliss-reactive ketones (excluding diaryl/α,β-unsaturated/α-hetero) is 1. The number of benzene rings is 1. The molecule has 0 aliphatic heterocycles. The first-order chi connectivity index (χ1) is 15.6. The third-order valence-electron chi connectivity index (χ3n) is 6.73. The van der Waals surface area contributed by atoms with Crippen LogP contribution in [0, 0.1) is 0 Å². The van der Waals surface area contributed by atoms with E-state index in [2.05, 4.69) is 67.5 Å². The van der Waals surface area contributed by atoms with Crippen molar-refractivity contribution >= 4 is 52.6 Å². The number of hydrogen-bond donors (Lipinski definition) is 1. The van der Waals surface area contributed by atoms with E-state index in [9.17, 15) is 4.79 Å². The van der Waals surface area contributed by atoms with E-state index in [4.69, 9.17) is 4.53 Å². The third kappa shape index (κ3) is 4.75. The lowest BCUT2D eigenvalue weighted by Crippen LogP contribution is -2.39. The number of thiophene rings is 1. The van der Waals surface area contributed by atoms with Crippen molar-refractivity contribution in [3.05, 3.63) is 52.7 Å². The molecule has 2 aromatic heterocycles. The van der Waals surface area contributed by atoms with Gasteiger partial charge in [-0.2, -0.15) is 0 Å². The van der Waals surface area contributed by atoms with Gasteiger partial charge in [0.05, 0.1) is 21.0 Å². The fourth-order valence-electron chi connectivity index (χ4n) is 3.71. The average molecular weight is 480 g/mol. The molecule has 1 N–H and O–H groups in total. The van der Waals surface area contributed by atoms with E-state index >= 15 is 0 Å². The largest absolute Gasteiger partial charge is 0.455 e. The van der Waals surface area contributed by atoms with Crippen molar-refractivity contribution < 1.29 is 9.32 Å². The van der Waals surface area contributed by atoms with Gasteiger partial charge < -0.3 is 9.84 Å². The van der Waals surface area contributed by atoms with Gasteiger partial charge in [0, 0.05) is 35.5 Å². The van der Waals surface area contributed by atoms with Gasteiger partial charge in [-0.3, -0.25) is 9.78 Å². The number of nitrogens with one attached hydrogen (secondary N) is 1. The minimum atomic E-state index is -1.93. The molecule has 0 atom stereocenters. The van der Waals surface area contributed by atoms with Gasteiger partial charge in [0.2, 0.25) is 0 Å². The number of oxime groups is 1. The van der Waals surface area contributed by atoms with Gasteiger partial charge >= 0.3 is 0 Å². The summed E-state index contributed by atoms with van der Waals surface area (Å²) in [6, 6.07) is 8.36. The number of anilines is 2. The van der Waals surface area contributed by atoms with Crippen LogP contribution >= 0.6 is 11.3 Å². The van der Waals surface area contributed by atoms with Gasteiger partial charge in [0.15, 0.2) is 5.78 Å². The summed E-state index contributed by atoms with van der Waals surface area (Å²) in [7, 11) is -1.93. The fraction of sp³-hybridized carbons (Fsp3) is 0.423. The van der Waals surface area contributed by atoms with E-state index in [1.807, 2.05) is 19.2 Å². The Bertz CT molecular complexity index is 1220. The molecule has 2 heterocycles. The molecule has 0 saturated carbocycles. The summed E-state index contributed by atoms with van der Waals surface area (Å²) >= 11 is 1.52. The van der Waals surface area contributed by atoms with Crippen molar-refractivity contribution in [3.63, 3.8) is 0 Å². The molecule has 5 nitrogen and oxygen atoms in total. The van der Waals surface area contributed by atoms with Gasteiger partial charge in [0.1, 0.15) is 0 Å². The molecule has 0 bridgehead atoms. The minimum Gasteiger partial charge on any atom is -0.455 e. The van der Waals surface area contributed by atoms with Gasteiger partial charge in [0.25, 0.3) is 8.32 Å². The molecule has 174 valence electrons. The van der Waals surface area contributed by atoms with Crippen molar-refractivity contribution in [3.8, 4) is 0 Å². The number of carbonyl (C=O) groups excluding carboxylic acids is 1. The van der Waals surface area contributed by atoms with Crippen LogP contribution in [-0.4, -0.2) is 24.8 Å². The zero-order chi connectivity index (χ0) is 23.8. The van der Waals surface area contributed by atoms with Crippen LogP contribution in [-0.2, 0) is 10.9 Å². The topological polar surface area (TPSA) is 63.6 Å². The van der Waals surface area contributed by atoms with E-state index in [0.717, 1.165) is 51.3 Å². The highest BCUT2D eigenvalue weighted by Crippen LogP contribution is 2.39. The Morgan fingerprint density at radius 1 is 1.24 bits per heavy atom. The minimum absolute atomic E-state index is 0.123. The zero-order valence-corrected chi connectivity index (χ0v) is 22.2. The Balaban J connectivity index is 1.62. The van der Waals surface area contributed by atoms with Gasteiger partial charge in [-0.15, -0.1) is 16.5 Å². The fourth-order valence-corrected chi connectivity index (χ4v) is 5.41. The molecule has 3 aromatic rings. The Labute approximate surface area is 201 Å². The average Bonchev–Trinajstić information content (AvgIpc) is 3.33. The first-order valence-corrected chi connectivity index (χ1v) is 15.4. The second kappa shape index (κ2) is 9.03. The zero-order valence-electron chi connectivity index (χ0n) is 20.4. The number of ketones is 1. The van der Waals surface area contributed by atoms with Gasteiger partial charge in [-0.1, -0.05) is 33.8 Å². The lowest BCUT2D eigenvalue weighted by molar-refractivity contribution is 0.0986. The van der Waals surface area contributed by atoms with E-state index in [-0.39, 0.29) is 10.8 Å². The molecular formula is C26H33N3O2SSi. The van der Waals surface area contributed by atoms with Crippen LogP contribution in [0.5, 0.6) is 0 Å². The molecular weight excluding hydrogens is 446 g/mol. The van der Waals surface area contributed by atoms with Crippen molar-refractivity contribution in [1.29, 1.82) is 0 Å². The second-order valence-corrected chi connectivity index (χ2v) is 16.0. The maximum Gasteiger partial charge on any atom is 0.286 e. The number of fused-ring (bicyclic) bond motifs is 2. The number of nitrogens with zero attached hydrogens (tertiary/aromatic N) is 2. The Hall–Kier alpha value is -2.51. The number of hydrogen-bond acceptors (Lipinski definition) is 6. The van der Waals surface area contributed by atoms with Crippen LogP contribution in [0.3, 0.4) is 0 Å². The van der Waals surface area contributed by atoms with Gasteiger partial charge in [-0.05, 0) is 61.2 Å². The van der Waals surface area contributed by atoms with Crippen molar-refractivity contribution in [2.45, 2.75) is 71.5 Å². The number of rotatable bonds is 7. The smallest absolute Gasteiger partial charge is 0.286 e. The maximum absolute atomic E-state index is 12.8. The van der Waals surface area contributed by atoms with Gasteiger partial charge in [-0.25, -0.2) is 0 Å². The Morgan fingerprint density at radius 3 is 2.76 bits per heavy atom. The summed E-state index contributed by atoms with van der Waals surface area (Å²) in [4.78, 5) is 17.8. The predicted octanol–water partition coefficient (Wildman–Crippen LogP) is 7.69. The standard InChI is InChI=1S/C26H33N3O2SSi/c1-7-8-22(30)25-24(20-13-14-27-16-23(20)32-25)28-18-10-11-19-17(15-18)9-12-21(19)29-31-33(5,6)26(2,3)4/h10-11,13-16,28H,7-9,12H2,1-6H3/b29-21-. The summed E-state index contributed by atoms with van der Waals surface area (Å²) in [6.45, 7) is 13.2. The molecule has 0 spiro atoms. The SMILES string of the molecule is CCCC(=O)c1sc2cnccc2c1Nc1ccc2c(c1)CC/C2=N/O[Si](C)(C)C(C)(C)C. The van der Waals surface area contributed by atoms with Crippen LogP contribution in [0.1, 0.15) is 67.8 Å². The number of carbonyl (C=O) groups is 1. The Morgan fingerprint density at radius 2 is 2.03 bits per heavy atom. The molecule has 4 rings (SSSR count). The second-order valence-electron chi connectivity index (χ2n) is 10.2. The monoisotopic (exact) mass is 479 g/mol. The van der Waals surface area contributed by atoms with Crippen LogP contribution < -0.4 is 5.32 Å². The molecule has 1 aliphatic rings. The summed E-state index contributed by atoms with van der Waals surface area (Å²) in [6.07, 6.45) is 6.83. The highest BCUT2D eigenvalue weighted by molar-refractivity contribution is 7.21. The molecule has 0 fully saturated rings. The van der Waals surface area contributed by atoms with E-state index in [0.29, 0.717) is 6.42 Å². The van der Waals surface area contributed by atoms with Crippen LogP contribution in [0.2, 0.25) is 18.1 Å². The molecule has 1 aliphatic carbocycles. The van der Waals surface area contributed by atoms with Crippen molar-refractivity contribution in [1.82, 2.24) is 4.98 Å².